The highest BCUT2D eigenvalue weighted by molar-refractivity contribution is 6.32. The Morgan fingerprint density at radius 3 is 2.62 bits per heavy atom. The van der Waals surface area contributed by atoms with Crippen LogP contribution in [0, 0.1) is 0 Å². The maximum atomic E-state index is 11.8. The lowest BCUT2D eigenvalue weighted by Gasteiger charge is -2.06. The number of carbonyl (C=O) groups excluding carboxylic acids is 2. The molecule has 0 saturated heterocycles. The van der Waals surface area contributed by atoms with Crippen molar-refractivity contribution in [3.63, 3.8) is 0 Å². The maximum Gasteiger partial charge on any atom is 0.273 e. The van der Waals surface area contributed by atoms with Crippen LogP contribution in [-0.4, -0.2) is 35.0 Å². The van der Waals surface area contributed by atoms with Crippen LogP contribution in [0.3, 0.4) is 0 Å². The van der Waals surface area contributed by atoms with E-state index in [1.165, 1.54) is 24.4 Å². The lowest BCUT2D eigenvalue weighted by atomic mass is 10.2. The summed E-state index contributed by atoms with van der Waals surface area (Å²) in [4.78, 5) is 27.3. The van der Waals surface area contributed by atoms with Gasteiger partial charge in [0.25, 0.3) is 5.91 Å². The molecule has 1 aromatic carbocycles. The molecular weight excluding hydrogens is 330 g/mol. The minimum atomic E-state index is -0.506. The summed E-state index contributed by atoms with van der Waals surface area (Å²) in [6, 6.07) is 10.1. The highest BCUT2D eigenvalue weighted by Crippen LogP contribution is 2.16. The summed E-state index contributed by atoms with van der Waals surface area (Å²) in [5.74, 6) is -1.000. The fourth-order valence-electron chi connectivity index (χ4n) is 1.85. The Morgan fingerprint density at radius 2 is 1.88 bits per heavy atom. The van der Waals surface area contributed by atoms with E-state index < -0.39 is 5.91 Å². The molecule has 1 heterocycles. The summed E-state index contributed by atoms with van der Waals surface area (Å²) in [5, 5.41) is 15.3. The zero-order valence-corrected chi connectivity index (χ0v) is 13.5. The normalized spacial score (nSPS) is 10.5. The molecule has 0 atom stereocenters. The highest BCUT2D eigenvalue weighted by atomic mass is 35.5. The van der Waals surface area contributed by atoms with Gasteiger partial charge in [-0.1, -0.05) is 29.8 Å². The van der Waals surface area contributed by atoms with E-state index in [1.54, 1.807) is 18.2 Å². The predicted molar refractivity (Wildman–Crippen MR) is 91.7 cm³/mol. The van der Waals surface area contributed by atoms with Crippen LogP contribution < -0.4 is 10.6 Å². The fourth-order valence-corrected chi connectivity index (χ4v) is 2.05. The second-order valence-electron chi connectivity index (χ2n) is 4.77. The van der Waals surface area contributed by atoms with Crippen LogP contribution in [-0.2, 0) is 4.79 Å². The van der Waals surface area contributed by atoms with Gasteiger partial charge in [-0.2, -0.15) is 0 Å². The van der Waals surface area contributed by atoms with Crippen LogP contribution in [0.4, 0.5) is 0 Å². The van der Waals surface area contributed by atoms with Gasteiger partial charge in [0, 0.05) is 30.4 Å². The summed E-state index contributed by atoms with van der Waals surface area (Å²) in [6.07, 6.45) is 4.39. The Bertz CT molecular complexity index is 762. The molecule has 0 spiro atoms. The zero-order chi connectivity index (χ0) is 17.4. The highest BCUT2D eigenvalue weighted by Gasteiger charge is 2.10. The number of amides is 2. The van der Waals surface area contributed by atoms with E-state index in [1.807, 2.05) is 12.1 Å². The van der Waals surface area contributed by atoms with E-state index in [0.29, 0.717) is 5.02 Å². The molecule has 124 valence electrons. The van der Waals surface area contributed by atoms with E-state index in [9.17, 15) is 14.7 Å². The first-order valence-electron chi connectivity index (χ1n) is 7.20. The van der Waals surface area contributed by atoms with Crippen molar-refractivity contribution in [2.75, 3.05) is 13.1 Å². The largest absolute Gasteiger partial charge is 0.505 e. The van der Waals surface area contributed by atoms with Crippen molar-refractivity contribution >= 4 is 29.5 Å². The molecule has 6 nitrogen and oxygen atoms in total. The number of carbonyl (C=O) groups is 2. The van der Waals surface area contributed by atoms with Gasteiger partial charge in [0.1, 0.15) is 5.75 Å². The molecule has 0 fully saturated rings. The number of nitrogens with zero attached hydrogens (tertiary/aromatic N) is 1. The summed E-state index contributed by atoms with van der Waals surface area (Å²) in [6.45, 7) is 0.450. The number of rotatable bonds is 6. The smallest absolute Gasteiger partial charge is 0.273 e. The average Bonchev–Trinajstić information content (AvgIpc) is 2.58. The summed E-state index contributed by atoms with van der Waals surface area (Å²) in [7, 11) is 0. The third-order valence-electron chi connectivity index (χ3n) is 3.03. The monoisotopic (exact) mass is 345 g/mol. The minimum Gasteiger partial charge on any atom is -0.505 e. The fraction of sp³-hybridized carbons (Fsp3) is 0.118. The van der Waals surface area contributed by atoms with Crippen molar-refractivity contribution in [2.24, 2.45) is 0 Å². The Kier molecular flexibility index (Phi) is 6.33. The predicted octanol–water partition coefficient (Wildman–Crippen LogP) is 2.00. The molecular formula is C17H16ClN3O3. The lowest BCUT2D eigenvalue weighted by Crippen LogP contribution is -2.34. The molecule has 0 aliphatic carbocycles. The molecule has 0 radical (unpaired) electrons. The number of aromatic hydroxyl groups is 1. The van der Waals surface area contributed by atoms with Gasteiger partial charge in [-0.15, -0.1) is 0 Å². The quantitative estimate of drug-likeness (QED) is 0.551. The zero-order valence-electron chi connectivity index (χ0n) is 12.7. The summed E-state index contributed by atoms with van der Waals surface area (Å²) in [5.41, 5.74) is 0.690. The van der Waals surface area contributed by atoms with Crippen LogP contribution >= 0.6 is 11.6 Å². The molecule has 0 aliphatic heterocycles. The van der Waals surface area contributed by atoms with Gasteiger partial charge in [-0.25, -0.2) is 4.98 Å². The van der Waals surface area contributed by atoms with E-state index in [0.717, 1.165) is 5.56 Å². The van der Waals surface area contributed by atoms with Crippen LogP contribution in [0.2, 0.25) is 5.02 Å². The number of pyridine rings is 1. The van der Waals surface area contributed by atoms with Crippen LogP contribution in [0.15, 0.2) is 48.7 Å². The van der Waals surface area contributed by atoms with Gasteiger partial charge >= 0.3 is 0 Å². The Morgan fingerprint density at radius 1 is 1.12 bits per heavy atom. The lowest BCUT2D eigenvalue weighted by molar-refractivity contribution is -0.116. The first kappa shape index (κ1) is 17.5. The molecule has 2 rings (SSSR count). The molecule has 0 bridgehead atoms. The summed E-state index contributed by atoms with van der Waals surface area (Å²) < 4.78 is 0. The molecule has 1 aromatic heterocycles. The molecule has 0 unspecified atom stereocenters. The third-order valence-corrected chi connectivity index (χ3v) is 3.37. The van der Waals surface area contributed by atoms with Gasteiger partial charge in [0.15, 0.2) is 5.69 Å². The Labute approximate surface area is 144 Å². The van der Waals surface area contributed by atoms with Crippen molar-refractivity contribution in [1.29, 1.82) is 0 Å². The van der Waals surface area contributed by atoms with E-state index in [-0.39, 0.29) is 30.4 Å². The SMILES string of the molecule is O=C(/C=C/c1ccccc1Cl)NCCNC(=O)c1ncccc1O. The van der Waals surface area contributed by atoms with Gasteiger partial charge in [0.2, 0.25) is 5.91 Å². The number of hydrogen-bond donors (Lipinski definition) is 3. The first-order valence-corrected chi connectivity index (χ1v) is 7.58. The number of halogens is 1. The number of hydrogen-bond acceptors (Lipinski definition) is 4. The number of nitrogens with one attached hydrogen (secondary N) is 2. The molecule has 7 heteroatoms. The second kappa shape index (κ2) is 8.69. The first-order chi connectivity index (χ1) is 11.6. The summed E-state index contributed by atoms with van der Waals surface area (Å²) >= 11 is 5.98. The topological polar surface area (TPSA) is 91.3 Å². The number of aromatic nitrogens is 1. The Hall–Kier alpha value is -2.86. The molecule has 2 aromatic rings. The Balaban J connectivity index is 1.74. The average molecular weight is 346 g/mol. The van der Waals surface area contributed by atoms with Crippen LogP contribution in [0.1, 0.15) is 16.1 Å². The van der Waals surface area contributed by atoms with E-state index in [2.05, 4.69) is 15.6 Å². The van der Waals surface area contributed by atoms with Crippen LogP contribution in [0.25, 0.3) is 6.08 Å². The molecule has 3 N–H and O–H groups in total. The molecule has 0 saturated carbocycles. The van der Waals surface area contributed by atoms with Gasteiger partial charge < -0.3 is 15.7 Å². The molecule has 0 aliphatic rings. The van der Waals surface area contributed by atoms with Crippen molar-refractivity contribution in [3.05, 3.63) is 65.0 Å². The van der Waals surface area contributed by atoms with Gasteiger partial charge in [-0.3, -0.25) is 9.59 Å². The van der Waals surface area contributed by atoms with Crippen molar-refractivity contribution in [3.8, 4) is 5.75 Å². The maximum absolute atomic E-state index is 11.8. The van der Waals surface area contributed by atoms with E-state index in [4.69, 9.17) is 11.6 Å². The molecule has 2 amide bonds. The minimum absolute atomic E-state index is 0.0533. The van der Waals surface area contributed by atoms with E-state index >= 15 is 0 Å². The van der Waals surface area contributed by atoms with Gasteiger partial charge in [-0.05, 0) is 29.8 Å². The van der Waals surface area contributed by atoms with Crippen molar-refractivity contribution in [1.82, 2.24) is 15.6 Å². The third kappa shape index (κ3) is 5.10. The molecule has 24 heavy (non-hydrogen) atoms. The number of benzene rings is 1. The van der Waals surface area contributed by atoms with Crippen LogP contribution in [0.5, 0.6) is 5.75 Å². The van der Waals surface area contributed by atoms with Crippen molar-refractivity contribution < 1.29 is 14.7 Å². The standard InChI is InChI=1S/C17H16ClN3O3/c18-13-5-2-1-4-12(13)7-8-15(23)19-10-11-21-17(24)16-14(22)6-3-9-20-16/h1-9,22H,10-11H2,(H,19,23)(H,21,24)/b8-7+. The second-order valence-corrected chi connectivity index (χ2v) is 5.18. The van der Waals surface area contributed by atoms with Crippen molar-refractivity contribution in [2.45, 2.75) is 0 Å². The van der Waals surface area contributed by atoms with Gasteiger partial charge in [0.05, 0.1) is 0 Å².